The molecule has 0 aliphatic rings. The number of nitrogens with zero attached hydrogens (tertiary/aromatic N) is 2. The zero-order valence-corrected chi connectivity index (χ0v) is 16.3. The Morgan fingerprint density at radius 3 is 2.30 bits per heavy atom. The molecule has 0 bridgehead atoms. The molecule has 0 aromatic heterocycles. The average Bonchev–Trinajstić information content (AvgIpc) is 2.68. The lowest BCUT2D eigenvalue weighted by Gasteiger charge is -2.17. The Bertz CT molecular complexity index is 740. The van der Waals surface area contributed by atoms with Crippen LogP contribution >= 0.6 is 0 Å². The van der Waals surface area contributed by atoms with Gasteiger partial charge < -0.3 is 14.4 Å². The van der Waals surface area contributed by atoms with E-state index in [0.29, 0.717) is 12.2 Å². The van der Waals surface area contributed by atoms with E-state index in [1.807, 2.05) is 50.2 Å². The van der Waals surface area contributed by atoms with Crippen LogP contribution in [0.25, 0.3) is 0 Å². The average molecular weight is 369 g/mol. The Morgan fingerprint density at radius 1 is 1.11 bits per heavy atom. The summed E-state index contributed by atoms with van der Waals surface area (Å²) < 4.78 is 10.9. The van der Waals surface area contributed by atoms with Gasteiger partial charge in [0.2, 0.25) is 0 Å². The van der Waals surface area contributed by atoms with Gasteiger partial charge in [0, 0.05) is 19.8 Å². The van der Waals surface area contributed by atoms with Crippen molar-refractivity contribution in [2.24, 2.45) is 5.10 Å². The maximum absolute atomic E-state index is 12.4. The van der Waals surface area contributed by atoms with Crippen LogP contribution in [0.3, 0.4) is 0 Å². The summed E-state index contributed by atoms with van der Waals surface area (Å²) in [5.41, 5.74) is 4.58. The van der Waals surface area contributed by atoms with Crippen LogP contribution in [0.1, 0.15) is 25.3 Å². The molecule has 1 unspecified atom stereocenters. The quantitative estimate of drug-likeness (QED) is 0.543. The molecular weight excluding hydrogens is 342 g/mol. The highest BCUT2D eigenvalue weighted by molar-refractivity contribution is 5.84. The number of nitrogens with one attached hydrogen (secondary N) is 1. The molecule has 0 spiro atoms. The molecule has 0 saturated carbocycles. The van der Waals surface area contributed by atoms with Gasteiger partial charge in [-0.3, -0.25) is 4.79 Å². The molecule has 2 aromatic rings. The summed E-state index contributed by atoms with van der Waals surface area (Å²) >= 11 is 0. The first-order chi connectivity index (χ1) is 13.0. The molecule has 0 heterocycles. The summed E-state index contributed by atoms with van der Waals surface area (Å²) in [7, 11) is 5.58. The van der Waals surface area contributed by atoms with Gasteiger partial charge in [0.25, 0.3) is 5.91 Å². The Labute approximate surface area is 160 Å². The number of hydrogen-bond acceptors (Lipinski definition) is 5. The Morgan fingerprint density at radius 2 is 1.74 bits per heavy atom. The number of hydrazone groups is 1. The van der Waals surface area contributed by atoms with E-state index in [1.54, 1.807) is 37.6 Å². The zero-order valence-electron chi connectivity index (χ0n) is 16.3. The van der Waals surface area contributed by atoms with Crippen molar-refractivity contribution in [1.29, 1.82) is 0 Å². The molecule has 1 N–H and O–H groups in total. The molecule has 0 saturated heterocycles. The van der Waals surface area contributed by atoms with E-state index in [2.05, 4.69) is 10.5 Å². The van der Waals surface area contributed by atoms with Gasteiger partial charge in [0.1, 0.15) is 11.5 Å². The molecular formula is C21H27N3O3. The number of methoxy groups -OCH3 is 1. The van der Waals surface area contributed by atoms with E-state index in [1.165, 1.54) is 0 Å². The smallest absolute Gasteiger partial charge is 0.281 e. The Kier molecular flexibility index (Phi) is 7.67. The fraction of sp³-hybridized carbons (Fsp3) is 0.333. The van der Waals surface area contributed by atoms with Crippen LogP contribution in [0.15, 0.2) is 53.6 Å². The van der Waals surface area contributed by atoms with E-state index in [0.717, 1.165) is 23.4 Å². The molecule has 2 rings (SSSR count). The van der Waals surface area contributed by atoms with Gasteiger partial charge in [0.15, 0.2) is 6.10 Å². The standard InChI is InChI=1S/C21H27N3O3/c1-5-6-20(27-19-13-11-18(26-4)12-14-19)21(25)23-22-15-16-7-9-17(10-8-16)24(2)3/h7-15,20H,5-6H2,1-4H3,(H,23,25). The predicted molar refractivity (Wildman–Crippen MR) is 109 cm³/mol. The molecule has 1 amide bonds. The van der Waals surface area contributed by atoms with E-state index in [4.69, 9.17) is 9.47 Å². The van der Waals surface area contributed by atoms with E-state index in [-0.39, 0.29) is 5.91 Å². The van der Waals surface area contributed by atoms with Crippen molar-refractivity contribution in [1.82, 2.24) is 5.43 Å². The van der Waals surface area contributed by atoms with Crippen molar-refractivity contribution in [3.05, 3.63) is 54.1 Å². The SMILES string of the molecule is CCCC(Oc1ccc(OC)cc1)C(=O)NN=Cc1ccc(N(C)C)cc1. The Hall–Kier alpha value is -3.02. The normalized spacial score (nSPS) is 11.9. The van der Waals surface area contributed by atoms with Crippen LogP contribution in [0.4, 0.5) is 5.69 Å². The lowest BCUT2D eigenvalue weighted by atomic mass is 10.2. The fourth-order valence-corrected chi connectivity index (χ4v) is 2.43. The first-order valence-corrected chi connectivity index (χ1v) is 8.94. The molecule has 144 valence electrons. The number of ether oxygens (including phenoxy) is 2. The molecule has 0 radical (unpaired) electrons. The lowest BCUT2D eigenvalue weighted by molar-refractivity contribution is -0.128. The first-order valence-electron chi connectivity index (χ1n) is 8.94. The van der Waals surface area contributed by atoms with Crippen molar-refractivity contribution in [3.63, 3.8) is 0 Å². The topological polar surface area (TPSA) is 63.2 Å². The number of hydrogen-bond donors (Lipinski definition) is 1. The summed E-state index contributed by atoms with van der Waals surface area (Å²) in [5.74, 6) is 1.09. The van der Waals surface area contributed by atoms with Crippen LogP contribution in [0.2, 0.25) is 0 Å². The van der Waals surface area contributed by atoms with Gasteiger partial charge in [-0.15, -0.1) is 0 Å². The van der Waals surface area contributed by atoms with Gasteiger partial charge >= 0.3 is 0 Å². The largest absolute Gasteiger partial charge is 0.497 e. The fourth-order valence-electron chi connectivity index (χ4n) is 2.43. The molecule has 2 aromatic carbocycles. The number of anilines is 1. The number of amides is 1. The van der Waals surface area contributed by atoms with Gasteiger partial charge in [-0.25, -0.2) is 5.43 Å². The van der Waals surface area contributed by atoms with Crippen molar-refractivity contribution in [2.45, 2.75) is 25.9 Å². The van der Waals surface area contributed by atoms with E-state index >= 15 is 0 Å². The minimum atomic E-state index is -0.600. The third-order valence-electron chi connectivity index (χ3n) is 3.98. The van der Waals surface area contributed by atoms with Gasteiger partial charge in [-0.05, 0) is 48.4 Å². The summed E-state index contributed by atoms with van der Waals surface area (Å²) in [6, 6.07) is 15.0. The first kappa shape index (κ1) is 20.3. The summed E-state index contributed by atoms with van der Waals surface area (Å²) in [4.78, 5) is 14.4. The molecule has 0 aliphatic heterocycles. The third kappa shape index (κ3) is 6.33. The van der Waals surface area contributed by atoms with Gasteiger partial charge in [-0.2, -0.15) is 5.10 Å². The number of carbonyl (C=O) groups excluding carboxylic acids is 1. The lowest BCUT2D eigenvalue weighted by Crippen LogP contribution is -2.35. The molecule has 1 atom stereocenters. The van der Waals surface area contributed by atoms with Gasteiger partial charge in [-0.1, -0.05) is 25.5 Å². The number of carbonyl (C=O) groups is 1. The number of rotatable bonds is 9. The maximum Gasteiger partial charge on any atom is 0.281 e. The van der Waals surface area contributed by atoms with Crippen molar-refractivity contribution in [3.8, 4) is 11.5 Å². The molecule has 6 nitrogen and oxygen atoms in total. The van der Waals surface area contributed by atoms with Crippen LogP contribution < -0.4 is 19.8 Å². The Balaban J connectivity index is 1.94. The van der Waals surface area contributed by atoms with Crippen LogP contribution in [0.5, 0.6) is 11.5 Å². The second-order valence-corrected chi connectivity index (χ2v) is 6.29. The minimum absolute atomic E-state index is 0.270. The highest BCUT2D eigenvalue weighted by Gasteiger charge is 2.19. The zero-order chi connectivity index (χ0) is 19.6. The number of benzene rings is 2. The van der Waals surface area contributed by atoms with Crippen LogP contribution in [-0.2, 0) is 4.79 Å². The molecule has 6 heteroatoms. The van der Waals surface area contributed by atoms with E-state index in [9.17, 15) is 4.79 Å². The second kappa shape index (κ2) is 10.2. The minimum Gasteiger partial charge on any atom is -0.497 e. The van der Waals surface area contributed by atoms with Crippen LogP contribution in [-0.4, -0.2) is 39.4 Å². The molecule has 0 fully saturated rings. The van der Waals surface area contributed by atoms with Crippen molar-refractivity contribution >= 4 is 17.8 Å². The highest BCUT2D eigenvalue weighted by atomic mass is 16.5. The highest BCUT2D eigenvalue weighted by Crippen LogP contribution is 2.19. The van der Waals surface area contributed by atoms with Crippen LogP contribution in [0, 0.1) is 0 Å². The van der Waals surface area contributed by atoms with E-state index < -0.39 is 6.10 Å². The summed E-state index contributed by atoms with van der Waals surface area (Å²) in [6.07, 6.45) is 2.44. The molecule has 27 heavy (non-hydrogen) atoms. The summed E-state index contributed by atoms with van der Waals surface area (Å²) in [6.45, 7) is 2.01. The third-order valence-corrected chi connectivity index (χ3v) is 3.98. The second-order valence-electron chi connectivity index (χ2n) is 6.29. The predicted octanol–water partition coefficient (Wildman–Crippen LogP) is 3.46. The monoisotopic (exact) mass is 369 g/mol. The molecule has 0 aliphatic carbocycles. The van der Waals surface area contributed by atoms with Crippen molar-refractivity contribution < 1.29 is 14.3 Å². The van der Waals surface area contributed by atoms with Gasteiger partial charge in [0.05, 0.1) is 13.3 Å². The maximum atomic E-state index is 12.4. The van der Waals surface area contributed by atoms with Crippen molar-refractivity contribution in [2.75, 3.05) is 26.1 Å². The summed E-state index contributed by atoms with van der Waals surface area (Å²) in [5, 5.41) is 4.05.